The third-order valence-corrected chi connectivity index (χ3v) is 4.25. The highest BCUT2D eigenvalue weighted by Crippen LogP contribution is 2.16. The molecule has 21 heavy (non-hydrogen) atoms. The second kappa shape index (κ2) is 8.02. The smallest absolute Gasteiger partial charge is 0.410 e. The van der Waals surface area contributed by atoms with Crippen LogP contribution in [0.3, 0.4) is 0 Å². The summed E-state index contributed by atoms with van der Waals surface area (Å²) in [5, 5.41) is 3.67. The van der Waals surface area contributed by atoms with Gasteiger partial charge in [-0.15, -0.1) is 0 Å². The summed E-state index contributed by atoms with van der Waals surface area (Å²) in [7, 11) is 0. The van der Waals surface area contributed by atoms with Crippen molar-refractivity contribution in [3.63, 3.8) is 0 Å². The molecule has 0 aliphatic carbocycles. The summed E-state index contributed by atoms with van der Waals surface area (Å²) in [6.45, 7) is 15.3. The highest BCUT2D eigenvalue weighted by molar-refractivity contribution is 5.68. The van der Waals surface area contributed by atoms with Crippen molar-refractivity contribution in [2.45, 2.75) is 72.4 Å². The SMILES string of the molecule is CC(C)C(C)CNC1CCCN(C(=O)OC(C)(C)C)CC1. The Kier molecular flexibility index (Phi) is 6.98. The zero-order valence-corrected chi connectivity index (χ0v) is 14.7. The van der Waals surface area contributed by atoms with Crippen LogP contribution in [0.5, 0.6) is 0 Å². The van der Waals surface area contributed by atoms with E-state index in [4.69, 9.17) is 4.74 Å². The molecule has 0 aromatic carbocycles. The molecule has 0 aromatic rings. The van der Waals surface area contributed by atoms with E-state index in [9.17, 15) is 4.79 Å². The number of nitrogens with one attached hydrogen (secondary N) is 1. The molecular formula is C17H34N2O2. The highest BCUT2D eigenvalue weighted by atomic mass is 16.6. The van der Waals surface area contributed by atoms with Crippen LogP contribution in [0.4, 0.5) is 4.79 Å². The van der Waals surface area contributed by atoms with Crippen LogP contribution in [0.2, 0.25) is 0 Å². The van der Waals surface area contributed by atoms with Crippen molar-refractivity contribution >= 4 is 6.09 Å². The molecule has 4 nitrogen and oxygen atoms in total. The molecule has 1 N–H and O–H groups in total. The predicted octanol–water partition coefficient (Wildman–Crippen LogP) is 3.66. The second-order valence-electron chi connectivity index (χ2n) is 7.72. The topological polar surface area (TPSA) is 41.6 Å². The summed E-state index contributed by atoms with van der Waals surface area (Å²) in [6.07, 6.45) is 3.04. The number of carbonyl (C=O) groups excluding carboxylic acids is 1. The van der Waals surface area contributed by atoms with Gasteiger partial charge in [0, 0.05) is 19.1 Å². The average molecular weight is 298 g/mol. The maximum atomic E-state index is 12.1. The Morgan fingerprint density at radius 2 is 1.90 bits per heavy atom. The number of ether oxygens (including phenoxy) is 1. The van der Waals surface area contributed by atoms with Gasteiger partial charge < -0.3 is 15.0 Å². The number of carbonyl (C=O) groups is 1. The monoisotopic (exact) mass is 298 g/mol. The first-order valence-electron chi connectivity index (χ1n) is 8.40. The standard InChI is InChI=1S/C17H34N2O2/c1-13(2)14(3)12-18-15-8-7-10-19(11-9-15)16(20)21-17(4,5)6/h13-15,18H,7-12H2,1-6H3. The van der Waals surface area contributed by atoms with Crippen molar-refractivity contribution in [2.24, 2.45) is 11.8 Å². The minimum Gasteiger partial charge on any atom is -0.444 e. The van der Waals surface area contributed by atoms with E-state index in [0.717, 1.165) is 38.9 Å². The zero-order valence-electron chi connectivity index (χ0n) is 14.7. The van der Waals surface area contributed by atoms with Crippen molar-refractivity contribution < 1.29 is 9.53 Å². The summed E-state index contributed by atoms with van der Waals surface area (Å²) in [6, 6.07) is 0.527. The number of hydrogen-bond donors (Lipinski definition) is 1. The third kappa shape index (κ3) is 7.16. The van der Waals surface area contributed by atoms with E-state index >= 15 is 0 Å². The minimum absolute atomic E-state index is 0.168. The van der Waals surface area contributed by atoms with Gasteiger partial charge in [-0.2, -0.15) is 0 Å². The van der Waals surface area contributed by atoms with Crippen LogP contribution in [0.15, 0.2) is 0 Å². The second-order valence-corrected chi connectivity index (χ2v) is 7.72. The molecule has 1 aliphatic heterocycles. The van der Waals surface area contributed by atoms with Crippen molar-refractivity contribution in [1.29, 1.82) is 0 Å². The summed E-state index contributed by atoms with van der Waals surface area (Å²) in [4.78, 5) is 14.0. The molecule has 0 radical (unpaired) electrons. The lowest BCUT2D eigenvalue weighted by molar-refractivity contribution is 0.0256. The fourth-order valence-electron chi connectivity index (χ4n) is 2.40. The van der Waals surface area contributed by atoms with Gasteiger partial charge in [-0.05, 0) is 58.4 Å². The van der Waals surface area contributed by atoms with Gasteiger partial charge in [0.25, 0.3) is 0 Å². The fraction of sp³-hybridized carbons (Fsp3) is 0.941. The van der Waals surface area contributed by atoms with E-state index in [2.05, 4.69) is 26.1 Å². The fourth-order valence-corrected chi connectivity index (χ4v) is 2.40. The molecule has 0 aromatic heterocycles. The molecule has 1 heterocycles. The Morgan fingerprint density at radius 1 is 1.24 bits per heavy atom. The van der Waals surface area contributed by atoms with E-state index < -0.39 is 5.60 Å². The zero-order chi connectivity index (χ0) is 16.0. The average Bonchev–Trinajstić information content (AvgIpc) is 2.59. The van der Waals surface area contributed by atoms with Gasteiger partial charge in [-0.3, -0.25) is 0 Å². The number of nitrogens with zero attached hydrogens (tertiary/aromatic N) is 1. The molecule has 1 amide bonds. The Bertz CT molecular complexity index is 323. The largest absolute Gasteiger partial charge is 0.444 e. The first kappa shape index (κ1) is 18.3. The molecule has 2 unspecified atom stereocenters. The first-order valence-corrected chi connectivity index (χ1v) is 8.40. The van der Waals surface area contributed by atoms with E-state index in [0.29, 0.717) is 17.9 Å². The molecule has 0 spiro atoms. The molecule has 1 saturated heterocycles. The van der Waals surface area contributed by atoms with Crippen LogP contribution >= 0.6 is 0 Å². The van der Waals surface area contributed by atoms with Gasteiger partial charge in [-0.1, -0.05) is 20.8 Å². The Morgan fingerprint density at radius 3 is 2.48 bits per heavy atom. The molecular weight excluding hydrogens is 264 g/mol. The van der Waals surface area contributed by atoms with Crippen LogP contribution in [-0.4, -0.2) is 42.3 Å². The van der Waals surface area contributed by atoms with Gasteiger partial charge >= 0.3 is 6.09 Å². The molecule has 0 saturated carbocycles. The summed E-state index contributed by atoms with van der Waals surface area (Å²) in [5.74, 6) is 1.40. The van der Waals surface area contributed by atoms with E-state index in [1.165, 1.54) is 0 Å². The number of amides is 1. The van der Waals surface area contributed by atoms with Gasteiger partial charge in [0.1, 0.15) is 5.60 Å². The number of hydrogen-bond acceptors (Lipinski definition) is 3. The van der Waals surface area contributed by atoms with Crippen LogP contribution in [0.1, 0.15) is 60.8 Å². The summed E-state index contributed by atoms with van der Waals surface area (Å²) >= 11 is 0. The normalized spacial score (nSPS) is 22.0. The van der Waals surface area contributed by atoms with Gasteiger partial charge in [-0.25, -0.2) is 4.79 Å². The molecule has 1 rings (SSSR count). The Balaban J connectivity index is 2.38. The molecule has 4 heteroatoms. The van der Waals surface area contributed by atoms with Gasteiger partial charge in [0.2, 0.25) is 0 Å². The predicted molar refractivity (Wildman–Crippen MR) is 87.5 cm³/mol. The first-order chi connectivity index (χ1) is 9.69. The summed E-state index contributed by atoms with van der Waals surface area (Å²) < 4.78 is 5.46. The van der Waals surface area contributed by atoms with Crippen molar-refractivity contribution in [1.82, 2.24) is 10.2 Å². The van der Waals surface area contributed by atoms with Crippen LogP contribution in [-0.2, 0) is 4.74 Å². The van der Waals surface area contributed by atoms with E-state index in [1.807, 2.05) is 25.7 Å². The van der Waals surface area contributed by atoms with Crippen molar-refractivity contribution in [3.05, 3.63) is 0 Å². The van der Waals surface area contributed by atoms with E-state index in [1.54, 1.807) is 0 Å². The molecule has 2 atom stereocenters. The number of likely N-dealkylation sites (tertiary alicyclic amines) is 1. The molecule has 0 bridgehead atoms. The minimum atomic E-state index is -0.409. The van der Waals surface area contributed by atoms with Crippen molar-refractivity contribution in [2.75, 3.05) is 19.6 Å². The lowest BCUT2D eigenvalue weighted by Gasteiger charge is -2.26. The Hall–Kier alpha value is -0.770. The molecule has 1 aliphatic rings. The van der Waals surface area contributed by atoms with E-state index in [-0.39, 0.29) is 6.09 Å². The lowest BCUT2D eigenvalue weighted by atomic mass is 9.97. The van der Waals surface area contributed by atoms with Crippen LogP contribution < -0.4 is 5.32 Å². The molecule has 124 valence electrons. The van der Waals surface area contributed by atoms with Gasteiger partial charge in [0.05, 0.1) is 0 Å². The van der Waals surface area contributed by atoms with Crippen LogP contribution in [0, 0.1) is 11.8 Å². The maximum absolute atomic E-state index is 12.1. The quantitative estimate of drug-likeness (QED) is 0.861. The van der Waals surface area contributed by atoms with Gasteiger partial charge in [0.15, 0.2) is 0 Å². The summed E-state index contributed by atoms with van der Waals surface area (Å²) in [5.41, 5.74) is -0.409. The Labute approximate surface area is 130 Å². The molecule has 1 fully saturated rings. The number of rotatable bonds is 4. The lowest BCUT2D eigenvalue weighted by Crippen LogP contribution is -2.38. The maximum Gasteiger partial charge on any atom is 0.410 e. The third-order valence-electron chi connectivity index (χ3n) is 4.25. The highest BCUT2D eigenvalue weighted by Gasteiger charge is 2.25. The van der Waals surface area contributed by atoms with Crippen LogP contribution in [0.25, 0.3) is 0 Å². The van der Waals surface area contributed by atoms with Crippen molar-refractivity contribution in [3.8, 4) is 0 Å².